The SMILES string of the molecule is CCN(CC)Cc1ccc2c(c1)CN(C(=O)C(C)(C)C)[C@H](C(=O)Nc1cc(C)c(O)c(C)c1C)C2.Cl. The number of hydrogen-bond acceptors (Lipinski definition) is 4. The lowest BCUT2D eigenvalue weighted by molar-refractivity contribution is -0.146. The van der Waals surface area contributed by atoms with Crippen LogP contribution in [0.4, 0.5) is 5.69 Å². The number of hydrogen-bond donors (Lipinski definition) is 2. The fourth-order valence-corrected chi connectivity index (χ4v) is 4.73. The number of amides is 2. The monoisotopic (exact) mass is 515 g/mol. The van der Waals surface area contributed by atoms with E-state index in [9.17, 15) is 14.7 Å². The molecule has 198 valence electrons. The Morgan fingerprint density at radius 1 is 1.06 bits per heavy atom. The number of carbonyl (C=O) groups is 2. The fraction of sp³-hybridized carbons (Fsp3) is 0.517. The highest BCUT2D eigenvalue weighted by Gasteiger charge is 2.39. The van der Waals surface area contributed by atoms with Crippen molar-refractivity contribution in [2.24, 2.45) is 5.41 Å². The van der Waals surface area contributed by atoms with Gasteiger partial charge in [-0.25, -0.2) is 0 Å². The number of nitrogens with one attached hydrogen (secondary N) is 1. The first kappa shape index (κ1) is 29.7. The van der Waals surface area contributed by atoms with Crippen LogP contribution in [0.25, 0.3) is 0 Å². The van der Waals surface area contributed by atoms with Gasteiger partial charge >= 0.3 is 0 Å². The van der Waals surface area contributed by atoms with Crippen LogP contribution in [0.3, 0.4) is 0 Å². The van der Waals surface area contributed by atoms with Crippen molar-refractivity contribution in [3.8, 4) is 5.75 Å². The van der Waals surface area contributed by atoms with Crippen molar-refractivity contribution < 1.29 is 14.7 Å². The molecule has 0 saturated carbocycles. The number of aryl methyl sites for hydroxylation is 1. The molecule has 1 heterocycles. The van der Waals surface area contributed by atoms with Gasteiger partial charge in [-0.2, -0.15) is 0 Å². The summed E-state index contributed by atoms with van der Waals surface area (Å²) in [5.41, 5.74) is 5.81. The van der Waals surface area contributed by atoms with Crippen molar-refractivity contribution in [3.05, 3.63) is 57.6 Å². The van der Waals surface area contributed by atoms with Crippen LogP contribution in [-0.2, 0) is 29.1 Å². The summed E-state index contributed by atoms with van der Waals surface area (Å²) >= 11 is 0. The van der Waals surface area contributed by atoms with Gasteiger partial charge in [-0.1, -0.05) is 52.8 Å². The molecule has 2 aromatic carbocycles. The van der Waals surface area contributed by atoms with E-state index in [1.807, 2.05) is 41.5 Å². The van der Waals surface area contributed by atoms with Crippen LogP contribution < -0.4 is 5.32 Å². The molecule has 0 aliphatic carbocycles. The van der Waals surface area contributed by atoms with Crippen molar-refractivity contribution in [3.63, 3.8) is 0 Å². The summed E-state index contributed by atoms with van der Waals surface area (Å²) in [6, 6.07) is 7.65. The highest BCUT2D eigenvalue weighted by molar-refractivity contribution is 5.99. The first-order chi connectivity index (χ1) is 16.4. The van der Waals surface area contributed by atoms with E-state index >= 15 is 0 Å². The molecule has 0 spiro atoms. The van der Waals surface area contributed by atoms with Crippen LogP contribution in [0.1, 0.15) is 68.0 Å². The largest absolute Gasteiger partial charge is 0.507 e. The average molecular weight is 516 g/mol. The third kappa shape index (κ3) is 6.22. The van der Waals surface area contributed by atoms with Gasteiger partial charge in [0.25, 0.3) is 0 Å². The number of halogens is 1. The molecule has 7 heteroatoms. The highest BCUT2D eigenvalue weighted by Crippen LogP contribution is 2.33. The smallest absolute Gasteiger partial charge is 0.247 e. The van der Waals surface area contributed by atoms with E-state index in [0.717, 1.165) is 41.9 Å². The molecule has 1 aliphatic heterocycles. The summed E-state index contributed by atoms with van der Waals surface area (Å²) < 4.78 is 0. The maximum atomic E-state index is 13.6. The van der Waals surface area contributed by atoms with Gasteiger partial charge in [0.15, 0.2) is 0 Å². The molecule has 1 atom stereocenters. The number of benzene rings is 2. The van der Waals surface area contributed by atoms with E-state index in [1.165, 1.54) is 5.56 Å². The van der Waals surface area contributed by atoms with Crippen LogP contribution in [0.2, 0.25) is 0 Å². The Bertz CT molecular complexity index is 1120. The van der Waals surface area contributed by atoms with Crippen LogP contribution >= 0.6 is 12.4 Å². The number of nitrogens with zero attached hydrogens (tertiary/aromatic N) is 2. The summed E-state index contributed by atoms with van der Waals surface area (Å²) in [5.74, 6) is 0.0115. The molecule has 0 unspecified atom stereocenters. The summed E-state index contributed by atoms with van der Waals surface area (Å²) in [5, 5.41) is 13.3. The van der Waals surface area contributed by atoms with Gasteiger partial charge in [-0.15, -0.1) is 12.4 Å². The molecule has 36 heavy (non-hydrogen) atoms. The van der Waals surface area contributed by atoms with E-state index in [4.69, 9.17) is 0 Å². The molecule has 0 fully saturated rings. The molecule has 3 rings (SSSR count). The third-order valence-corrected chi connectivity index (χ3v) is 7.22. The molecule has 0 bridgehead atoms. The standard InChI is InChI=1S/C29H41N3O3.ClH/c1-9-31(10-2)16-21-11-12-22-15-25(32(17-23(22)14-21)28(35)29(6,7)8)27(34)30-24-13-18(3)26(33)20(5)19(24)4;/h11-14,25,33H,9-10,15-17H2,1-8H3,(H,30,34);1H/t25-;/m0./s1. The summed E-state index contributed by atoms with van der Waals surface area (Å²) in [4.78, 5) is 31.2. The minimum Gasteiger partial charge on any atom is -0.507 e. The van der Waals surface area contributed by atoms with E-state index in [0.29, 0.717) is 24.2 Å². The highest BCUT2D eigenvalue weighted by atomic mass is 35.5. The Kier molecular flexibility index (Phi) is 9.60. The zero-order valence-corrected chi connectivity index (χ0v) is 23.8. The fourth-order valence-electron chi connectivity index (χ4n) is 4.73. The van der Waals surface area contributed by atoms with E-state index in [2.05, 4.69) is 42.3 Å². The van der Waals surface area contributed by atoms with Gasteiger partial charge in [0.2, 0.25) is 11.8 Å². The number of fused-ring (bicyclic) bond motifs is 1. The number of aromatic hydroxyl groups is 1. The van der Waals surface area contributed by atoms with Crippen LogP contribution in [-0.4, -0.2) is 45.9 Å². The van der Waals surface area contributed by atoms with Crippen LogP contribution in [0.15, 0.2) is 24.3 Å². The van der Waals surface area contributed by atoms with Gasteiger partial charge < -0.3 is 15.3 Å². The molecule has 0 radical (unpaired) electrons. The molecule has 0 saturated heterocycles. The van der Waals surface area contributed by atoms with Crippen LogP contribution in [0, 0.1) is 26.2 Å². The second-order valence-corrected chi connectivity index (χ2v) is 10.8. The number of phenols is 1. The lowest BCUT2D eigenvalue weighted by Gasteiger charge is -2.39. The van der Waals surface area contributed by atoms with Crippen molar-refractivity contribution in [2.45, 2.75) is 80.9 Å². The van der Waals surface area contributed by atoms with Crippen molar-refractivity contribution in [1.29, 1.82) is 0 Å². The maximum absolute atomic E-state index is 13.6. The Morgan fingerprint density at radius 2 is 1.69 bits per heavy atom. The molecule has 1 aliphatic rings. The van der Waals surface area contributed by atoms with E-state index in [1.54, 1.807) is 11.0 Å². The third-order valence-electron chi connectivity index (χ3n) is 7.22. The Balaban J connectivity index is 0.00000456. The number of carbonyl (C=O) groups excluding carboxylic acids is 2. The number of anilines is 1. The molecule has 0 aromatic heterocycles. The molecule has 2 amide bonds. The van der Waals surface area contributed by atoms with Crippen molar-refractivity contribution >= 4 is 29.9 Å². The first-order valence-electron chi connectivity index (χ1n) is 12.6. The summed E-state index contributed by atoms with van der Waals surface area (Å²) in [6.07, 6.45) is 0.476. The van der Waals surface area contributed by atoms with Gasteiger partial charge in [-0.3, -0.25) is 14.5 Å². The number of rotatable bonds is 6. The topological polar surface area (TPSA) is 72.9 Å². The molecule has 2 aromatic rings. The second kappa shape index (κ2) is 11.7. The average Bonchev–Trinajstić information content (AvgIpc) is 2.82. The quantitative estimate of drug-likeness (QED) is 0.497. The molecular weight excluding hydrogens is 474 g/mol. The van der Waals surface area contributed by atoms with Gasteiger partial charge in [0.1, 0.15) is 11.8 Å². The molecule has 2 N–H and O–H groups in total. The lowest BCUT2D eigenvalue weighted by Crippen LogP contribution is -2.53. The van der Waals surface area contributed by atoms with Crippen LogP contribution in [0.5, 0.6) is 5.75 Å². The van der Waals surface area contributed by atoms with Crippen molar-refractivity contribution in [1.82, 2.24) is 9.80 Å². The number of phenolic OH excluding ortho intramolecular Hbond substituents is 1. The Hall–Kier alpha value is -2.57. The lowest BCUT2D eigenvalue weighted by atomic mass is 9.87. The van der Waals surface area contributed by atoms with Gasteiger partial charge in [0, 0.05) is 30.6 Å². The normalized spacial score (nSPS) is 15.4. The predicted octanol–water partition coefficient (Wildman–Crippen LogP) is 5.52. The zero-order valence-electron chi connectivity index (χ0n) is 23.0. The minimum absolute atomic E-state index is 0. The van der Waals surface area contributed by atoms with Crippen molar-refractivity contribution in [2.75, 3.05) is 18.4 Å². The predicted molar refractivity (Wildman–Crippen MR) is 149 cm³/mol. The summed E-state index contributed by atoms with van der Waals surface area (Å²) in [7, 11) is 0. The zero-order chi connectivity index (χ0) is 26.1. The van der Waals surface area contributed by atoms with E-state index in [-0.39, 0.29) is 30.0 Å². The van der Waals surface area contributed by atoms with Gasteiger partial charge in [-0.05, 0) is 73.3 Å². The van der Waals surface area contributed by atoms with Gasteiger partial charge in [0.05, 0.1) is 0 Å². The maximum Gasteiger partial charge on any atom is 0.247 e. The first-order valence-corrected chi connectivity index (χ1v) is 12.6. The minimum atomic E-state index is -0.601. The Morgan fingerprint density at radius 3 is 2.28 bits per heavy atom. The van der Waals surface area contributed by atoms with E-state index < -0.39 is 11.5 Å². The molecular formula is C29H42ClN3O3. The Labute approximate surface area is 222 Å². The molecule has 6 nitrogen and oxygen atoms in total. The summed E-state index contributed by atoms with van der Waals surface area (Å²) in [6.45, 7) is 18.8. The second-order valence-electron chi connectivity index (χ2n) is 10.8.